The summed E-state index contributed by atoms with van der Waals surface area (Å²) in [6.45, 7) is 6.42. The Labute approximate surface area is 184 Å². The van der Waals surface area contributed by atoms with Crippen LogP contribution in [0.5, 0.6) is 0 Å². The summed E-state index contributed by atoms with van der Waals surface area (Å²) >= 11 is 0. The van der Waals surface area contributed by atoms with Gasteiger partial charge in [-0.3, -0.25) is 22.9 Å². The van der Waals surface area contributed by atoms with Crippen LogP contribution in [-0.4, -0.2) is 23.1 Å². The third-order valence-electron chi connectivity index (χ3n) is 6.10. The largest absolute Gasteiger partial charge is 0.332 e. The molecule has 7 heteroatoms. The molecule has 32 heavy (non-hydrogen) atoms. The van der Waals surface area contributed by atoms with Crippen LogP contribution in [0.3, 0.4) is 0 Å². The highest BCUT2D eigenvalue weighted by molar-refractivity contribution is 5.76. The van der Waals surface area contributed by atoms with Gasteiger partial charge in [0.15, 0.2) is 11.2 Å². The molecule has 0 fully saturated rings. The molecular weight excluding hydrogens is 402 g/mol. The fourth-order valence-corrected chi connectivity index (χ4v) is 4.35. The molecule has 0 saturated heterocycles. The molecule has 0 amide bonds. The standard InChI is InChI=1S/C25H25N5O2/c1-16-10-11-17(2)20(14-16)30-18(3)15-29-21-22(26-24(29)30)27(4)25(32)28(23(21)31)13-12-19-8-6-5-7-9-19/h5-11,14-15H,12-13H2,1-4H3. The summed E-state index contributed by atoms with van der Waals surface area (Å²) in [5.41, 5.74) is 5.46. The van der Waals surface area contributed by atoms with E-state index in [9.17, 15) is 9.59 Å². The lowest BCUT2D eigenvalue weighted by molar-refractivity contribution is 0.602. The molecule has 0 aliphatic heterocycles. The van der Waals surface area contributed by atoms with Gasteiger partial charge < -0.3 is 0 Å². The molecule has 0 bridgehead atoms. The molecule has 5 rings (SSSR count). The fraction of sp³-hybridized carbons (Fsp3) is 0.240. The van der Waals surface area contributed by atoms with Crippen molar-refractivity contribution in [3.05, 3.63) is 98.0 Å². The summed E-state index contributed by atoms with van der Waals surface area (Å²) in [7, 11) is 1.67. The van der Waals surface area contributed by atoms with Crippen molar-refractivity contribution in [2.24, 2.45) is 7.05 Å². The monoisotopic (exact) mass is 427 g/mol. The van der Waals surface area contributed by atoms with E-state index in [4.69, 9.17) is 4.98 Å². The van der Waals surface area contributed by atoms with Crippen LogP contribution in [-0.2, 0) is 20.0 Å². The lowest BCUT2D eigenvalue weighted by Gasteiger charge is -2.10. The molecule has 0 spiro atoms. The van der Waals surface area contributed by atoms with E-state index < -0.39 is 0 Å². The van der Waals surface area contributed by atoms with Crippen LogP contribution in [0.15, 0.2) is 64.3 Å². The van der Waals surface area contributed by atoms with Crippen LogP contribution in [0.2, 0.25) is 0 Å². The van der Waals surface area contributed by atoms with Crippen LogP contribution < -0.4 is 11.2 Å². The Morgan fingerprint density at radius 3 is 2.47 bits per heavy atom. The van der Waals surface area contributed by atoms with Gasteiger partial charge in [-0.1, -0.05) is 42.5 Å². The highest BCUT2D eigenvalue weighted by Gasteiger charge is 2.21. The van der Waals surface area contributed by atoms with Gasteiger partial charge in [0.05, 0.1) is 5.69 Å². The molecule has 2 aromatic carbocycles. The van der Waals surface area contributed by atoms with Gasteiger partial charge in [-0.15, -0.1) is 0 Å². The van der Waals surface area contributed by atoms with Crippen molar-refractivity contribution in [2.45, 2.75) is 33.7 Å². The molecule has 0 aliphatic rings. The van der Waals surface area contributed by atoms with Gasteiger partial charge in [0.25, 0.3) is 5.56 Å². The highest BCUT2D eigenvalue weighted by atomic mass is 16.2. The minimum Gasteiger partial charge on any atom is -0.283 e. The SMILES string of the molecule is Cc1ccc(C)c(-n2c(C)cn3c4c(=O)n(CCc5ccccc5)c(=O)n(C)c4nc23)c1. The second-order valence-corrected chi connectivity index (χ2v) is 8.38. The molecule has 162 valence electrons. The predicted octanol–water partition coefficient (Wildman–Crippen LogP) is 3.31. The average molecular weight is 428 g/mol. The van der Waals surface area contributed by atoms with Crippen LogP contribution in [0.25, 0.3) is 22.6 Å². The van der Waals surface area contributed by atoms with Gasteiger partial charge in [-0.2, -0.15) is 4.98 Å². The van der Waals surface area contributed by atoms with Crippen molar-refractivity contribution in [3.63, 3.8) is 0 Å². The molecule has 0 aliphatic carbocycles. The zero-order valence-electron chi connectivity index (χ0n) is 18.7. The smallest absolute Gasteiger partial charge is 0.283 e. The topological polar surface area (TPSA) is 66.2 Å². The van der Waals surface area contributed by atoms with Gasteiger partial charge in [-0.05, 0) is 49.9 Å². The van der Waals surface area contributed by atoms with Gasteiger partial charge in [-0.25, -0.2) is 4.79 Å². The number of aromatic nitrogens is 5. The molecule has 0 N–H and O–H groups in total. The molecular formula is C25H25N5O2. The zero-order chi connectivity index (χ0) is 22.6. The minimum atomic E-state index is -0.353. The number of benzene rings is 2. The Kier molecular flexibility index (Phi) is 4.62. The normalized spacial score (nSPS) is 11.6. The lowest BCUT2D eigenvalue weighted by atomic mass is 10.1. The van der Waals surface area contributed by atoms with E-state index in [2.05, 4.69) is 32.0 Å². The van der Waals surface area contributed by atoms with E-state index in [0.717, 1.165) is 28.1 Å². The molecule has 0 unspecified atom stereocenters. The van der Waals surface area contributed by atoms with E-state index in [1.54, 1.807) is 7.05 Å². The summed E-state index contributed by atoms with van der Waals surface area (Å²) in [5, 5.41) is 0. The predicted molar refractivity (Wildman–Crippen MR) is 126 cm³/mol. The summed E-state index contributed by atoms with van der Waals surface area (Å²) in [4.78, 5) is 31.2. The number of hydrogen-bond acceptors (Lipinski definition) is 3. The maximum Gasteiger partial charge on any atom is 0.332 e. The number of aryl methyl sites for hydroxylation is 5. The summed E-state index contributed by atoms with van der Waals surface area (Å²) in [6, 6.07) is 16.1. The van der Waals surface area contributed by atoms with E-state index in [1.807, 2.05) is 52.4 Å². The van der Waals surface area contributed by atoms with E-state index >= 15 is 0 Å². The summed E-state index contributed by atoms with van der Waals surface area (Å²) < 4.78 is 6.64. The summed E-state index contributed by atoms with van der Waals surface area (Å²) in [6.07, 6.45) is 2.52. The third kappa shape index (κ3) is 3.00. The van der Waals surface area contributed by atoms with Crippen molar-refractivity contribution in [2.75, 3.05) is 0 Å². The number of nitrogens with zero attached hydrogens (tertiary/aromatic N) is 5. The number of imidazole rings is 2. The number of rotatable bonds is 4. The Morgan fingerprint density at radius 2 is 1.72 bits per heavy atom. The first-order valence-corrected chi connectivity index (χ1v) is 10.7. The molecule has 5 aromatic rings. The molecule has 0 radical (unpaired) electrons. The quantitative estimate of drug-likeness (QED) is 0.442. The van der Waals surface area contributed by atoms with E-state index in [1.165, 1.54) is 9.13 Å². The molecule has 0 saturated carbocycles. The molecule has 0 atom stereocenters. The van der Waals surface area contributed by atoms with Gasteiger partial charge in [0, 0.05) is 25.5 Å². The second-order valence-electron chi connectivity index (χ2n) is 8.38. The van der Waals surface area contributed by atoms with E-state index in [-0.39, 0.29) is 11.2 Å². The summed E-state index contributed by atoms with van der Waals surface area (Å²) in [5.74, 6) is 0.624. The first-order chi connectivity index (χ1) is 15.4. The lowest BCUT2D eigenvalue weighted by Crippen LogP contribution is -2.39. The fourth-order valence-electron chi connectivity index (χ4n) is 4.35. The van der Waals surface area contributed by atoms with Crippen molar-refractivity contribution in [3.8, 4) is 5.69 Å². The Morgan fingerprint density at radius 1 is 0.969 bits per heavy atom. The average Bonchev–Trinajstić information content (AvgIpc) is 3.29. The van der Waals surface area contributed by atoms with Crippen LogP contribution >= 0.6 is 0 Å². The van der Waals surface area contributed by atoms with Crippen molar-refractivity contribution in [1.29, 1.82) is 0 Å². The van der Waals surface area contributed by atoms with Crippen LogP contribution in [0.1, 0.15) is 22.4 Å². The Balaban J connectivity index is 1.74. The highest BCUT2D eigenvalue weighted by Crippen LogP contribution is 2.24. The van der Waals surface area contributed by atoms with Crippen molar-refractivity contribution in [1.82, 2.24) is 23.1 Å². The maximum atomic E-state index is 13.5. The molecule has 3 heterocycles. The van der Waals surface area contributed by atoms with Gasteiger partial charge in [0.2, 0.25) is 5.78 Å². The molecule has 3 aromatic heterocycles. The maximum absolute atomic E-state index is 13.5. The van der Waals surface area contributed by atoms with Crippen molar-refractivity contribution < 1.29 is 0 Å². The van der Waals surface area contributed by atoms with Crippen molar-refractivity contribution >= 4 is 16.9 Å². The molecule has 7 nitrogen and oxygen atoms in total. The van der Waals surface area contributed by atoms with Crippen LogP contribution in [0.4, 0.5) is 0 Å². The Bertz CT molecular complexity index is 1600. The van der Waals surface area contributed by atoms with Crippen LogP contribution in [0, 0.1) is 20.8 Å². The van der Waals surface area contributed by atoms with Gasteiger partial charge >= 0.3 is 5.69 Å². The van der Waals surface area contributed by atoms with E-state index in [0.29, 0.717) is 29.9 Å². The third-order valence-corrected chi connectivity index (χ3v) is 6.10. The Hall–Kier alpha value is -3.87. The first kappa shape index (κ1) is 20.1. The number of fused-ring (bicyclic) bond motifs is 3. The zero-order valence-corrected chi connectivity index (χ0v) is 18.7. The van der Waals surface area contributed by atoms with Gasteiger partial charge in [0.1, 0.15) is 0 Å². The second kappa shape index (κ2) is 7.37. The number of hydrogen-bond donors (Lipinski definition) is 0. The first-order valence-electron chi connectivity index (χ1n) is 10.7. The minimum absolute atomic E-state index is 0.315.